The van der Waals surface area contributed by atoms with Crippen molar-refractivity contribution in [2.45, 2.75) is 38.8 Å². The van der Waals surface area contributed by atoms with Crippen LogP contribution in [0.15, 0.2) is 4.52 Å². The fourth-order valence-electron chi connectivity index (χ4n) is 2.13. The van der Waals surface area contributed by atoms with E-state index in [-0.39, 0.29) is 0 Å². The van der Waals surface area contributed by atoms with Crippen molar-refractivity contribution < 1.29 is 4.52 Å². The van der Waals surface area contributed by atoms with Gasteiger partial charge in [0.25, 0.3) is 0 Å². The molecule has 0 saturated carbocycles. The third kappa shape index (κ3) is 2.80. The summed E-state index contributed by atoms with van der Waals surface area (Å²) in [5.74, 6) is 1.55. The van der Waals surface area contributed by atoms with Crippen LogP contribution in [0.5, 0.6) is 0 Å². The maximum absolute atomic E-state index is 5.11. The van der Waals surface area contributed by atoms with Crippen LogP contribution in [0.3, 0.4) is 0 Å². The van der Waals surface area contributed by atoms with Gasteiger partial charge in [0.05, 0.1) is 6.54 Å². The summed E-state index contributed by atoms with van der Waals surface area (Å²) in [4.78, 5) is 6.72. The molecule has 1 aromatic rings. The molecule has 1 saturated heterocycles. The van der Waals surface area contributed by atoms with Gasteiger partial charge in [-0.15, -0.1) is 0 Å². The van der Waals surface area contributed by atoms with Crippen LogP contribution in [0.1, 0.15) is 31.5 Å². The first-order chi connectivity index (χ1) is 7.81. The predicted octanol–water partition coefficient (Wildman–Crippen LogP) is 0.816. The van der Waals surface area contributed by atoms with Crippen molar-refractivity contribution in [1.29, 1.82) is 0 Å². The van der Waals surface area contributed by atoms with E-state index in [9.17, 15) is 0 Å². The molecule has 0 aromatic carbocycles. The highest BCUT2D eigenvalue weighted by Crippen LogP contribution is 2.12. The Bertz CT molecular complexity index is 326. The lowest BCUT2D eigenvalue weighted by atomic mass is 10.1. The third-order valence-electron chi connectivity index (χ3n) is 3.09. The fraction of sp³-hybridized carbons (Fsp3) is 0.818. The zero-order valence-corrected chi connectivity index (χ0v) is 10.1. The number of piperidine rings is 1. The Labute approximate surface area is 96.2 Å². The second-order valence-electron chi connectivity index (χ2n) is 4.32. The average molecular weight is 224 g/mol. The Morgan fingerprint density at radius 1 is 1.56 bits per heavy atom. The number of aryl methyl sites for hydroxylation is 1. The highest BCUT2D eigenvalue weighted by molar-refractivity contribution is 4.88. The van der Waals surface area contributed by atoms with E-state index in [0.29, 0.717) is 6.04 Å². The molecule has 0 spiro atoms. The molecule has 0 bridgehead atoms. The summed E-state index contributed by atoms with van der Waals surface area (Å²) in [6, 6.07) is 0.603. The van der Waals surface area contributed by atoms with Crippen LogP contribution in [0.4, 0.5) is 0 Å². The van der Waals surface area contributed by atoms with Crippen LogP contribution in [-0.4, -0.2) is 41.2 Å². The van der Waals surface area contributed by atoms with E-state index in [1.54, 1.807) is 0 Å². The SMILES string of the molecule is CCc1nc(CN2CCC[C@H](NC)C2)no1. The van der Waals surface area contributed by atoms with E-state index in [2.05, 4.69) is 20.4 Å². The van der Waals surface area contributed by atoms with Gasteiger partial charge < -0.3 is 9.84 Å². The van der Waals surface area contributed by atoms with Crippen molar-refractivity contribution in [3.63, 3.8) is 0 Å². The van der Waals surface area contributed by atoms with Crippen molar-refractivity contribution in [2.75, 3.05) is 20.1 Å². The largest absolute Gasteiger partial charge is 0.339 e. The topological polar surface area (TPSA) is 54.2 Å². The number of hydrogen-bond acceptors (Lipinski definition) is 5. The number of hydrogen-bond donors (Lipinski definition) is 1. The van der Waals surface area contributed by atoms with Gasteiger partial charge in [-0.1, -0.05) is 12.1 Å². The van der Waals surface area contributed by atoms with Crippen LogP contribution in [-0.2, 0) is 13.0 Å². The summed E-state index contributed by atoms with van der Waals surface area (Å²) < 4.78 is 5.11. The summed E-state index contributed by atoms with van der Waals surface area (Å²) in [6.45, 7) is 5.04. The lowest BCUT2D eigenvalue weighted by Gasteiger charge is -2.31. The van der Waals surface area contributed by atoms with E-state index >= 15 is 0 Å². The molecule has 90 valence electrons. The quantitative estimate of drug-likeness (QED) is 0.820. The Morgan fingerprint density at radius 3 is 3.12 bits per heavy atom. The summed E-state index contributed by atoms with van der Waals surface area (Å²) in [5.41, 5.74) is 0. The first-order valence-electron chi connectivity index (χ1n) is 6.03. The third-order valence-corrected chi connectivity index (χ3v) is 3.09. The first kappa shape index (κ1) is 11.5. The second-order valence-corrected chi connectivity index (χ2v) is 4.32. The van der Waals surface area contributed by atoms with E-state index < -0.39 is 0 Å². The molecule has 2 heterocycles. The van der Waals surface area contributed by atoms with Gasteiger partial charge in [0.15, 0.2) is 5.82 Å². The smallest absolute Gasteiger partial charge is 0.226 e. The molecule has 0 amide bonds. The number of aromatic nitrogens is 2. The Hall–Kier alpha value is -0.940. The minimum Gasteiger partial charge on any atom is -0.339 e. The van der Waals surface area contributed by atoms with Gasteiger partial charge in [0, 0.05) is 19.0 Å². The highest BCUT2D eigenvalue weighted by atomic mass is 16.5. The van der Waals surface area contributed by atoms with Crippen molar-refractivity contribution in [3.05, 3.63) is 11.7 Å². The standard InChI is InChI=1S/C11H20N4O/c1-3-11-13-10(14-16-11)8-15-6-4-5-9(7-15)12-2/h9,12H,3-8H2,1-2H3/t9-/m0/s1. The molecule has 1 aromatic heterocycles. The molecular weight excluding hydrogens is 204 g/mol. The summed E-state index contributed by atoms with van der Waals surface area (Å²) >= 11 is 0. The summed E-state index contributed by atoms with van der Waals surface area (Å²) in [6.07, 6.45) is 3.32. The second kappa shape index (κ2) is 5.41. The Morgan fingerprint density at radius 2 is 2.44 bits per heavy atom. The first-order valence-corrected chi connectivity index (χ1v) is 6.03. The Kier molecular flexibility index (Phi) is 3.90. The highest BCUT2D eigenvalue weighted by Gasteiger charge is 2.19. The van der Waals surface area contributed by atoms with Gasteiger partial charge in [-0.05, 0) is 26.4 Å². The van der Waals surface area contributed by atoms with E-state index in [1.165, 1.54) is 12.8 Å². The number of rotatable bonds is 4. The van der Waals surface area contributed by atoms with Crippen molar-refractivity contribution >= 4 is 0 Å². The number of likely N-dealkylation sites (tertiary alicyclic amines) is 1. The fourth-order valence-corrected chi connectivity index (χ4v) is 2.13. The maximum Gasteiger partial charge on any atom is 0.226 e. The zero-order chi connectivity index (χ0) is 11.4. The van der Waals surface area contributed by atoms with E-state index in [4.69, 9.17) is 4.52 Å². The van der Waals surface area contributed by atoms with Crippen LogP contribution in [0.25, 0.3) is 0 Å². The molecule has 1 N–H and O–H groups in total. The van der Waals surface area contributed by atoms with Crippen LogP contribution in [0, 0.1) is 0 Å². The van der Waals surface area contributed by atoms with Crippen LogP contribution >= 0.6 is 0 Å². The Balaban J connectivity index is 1.88. The van der Waals surface area contributed by atoms with E-state index in [0.717, 1.165) is 37.8 Å². The van der Waals surface area contributed by atoms with Gasteiger partial charge >= 0.3 is 0 Å². The van der Waals surface area contributed by atoms with Crippen molar-refractivity contribution in [2.24, 2.45) is 0 Å². The van der Waals surface area contributed by atoms with Crippen LogP contribution in [0.2, 0.25) is 0 Å². The molecule has 1 fully saturated rings. The number of nitrogens with one attached hydrogen (secondary N) is 1. The van der Waals surface area contributed by atoms with Gasteiger partial charge in [-0.25, -0.2) is 0 Å². The average Bonchev–Trinajstić information content (AvgIpc) is 2.77. The molecule has 5 heteroatoms. The molecule has 1 aliphatic rings. The molecule has 16 heavy (non-hydrogen) atoms. The number of nitrogens with zero attached hydrogens (tertiary/aromatic N) is 3. The van der Waals surface area contributed by atoms with Gasteiger partial charge in [0.2, 0.25) is 5.89 Å². The van der Waals surface area contributed by atoms with Gasteiger partial charge in [-0.3, -0.25) is 4.90 Å². The van der Waals surface area contributed by atoms with Crippen LogP contribution < -0.4 is 5.32 Å². The predicted molar refractivity (Wildman–Crippen MR) is 61.0 cm³/mol. The van der Waals surface area contributed by atoms with Crippen molar-refractivity contribution in [3.8, 4) is 0 Å². The number of likely N-dealkylation sites (N-methyl/N-ethyl adjacent to an activating group) is 1. The van der Waals surface area contributed by atoms with Crippen molar-refractivity contribution in [1.82, 2.24) is 20.4 Å². The minimum absolute atomic E-state index is 0.603. The van der Waals surface area contributed by atoms with E-state index in [1.807, 2.05) is 14.0 Å². The normalized spacial score (nSPS) is 22.5. The zero-order valence-electron chi connectivity index (χ0n) is 10.1. The molecule has 1 atom stereocenters. The lowest BCUT2D eigenvalue weighted by Crippen LogP contribution is -2.44. The minimum atomic E-state index is 0.603. The molecule has 1 aliphatic heterocycles. The molecule has 2 rings (SSSR count). The van der Waals surface area contributed by atoms with Gasteiger partial charge in [-0.2, -0.15) is 4.98 Å². The molecule has 0 radical (unpaired) electrons. The molecule has 0 unspecified atom stereocenters. The molecule has 5 nitrogen and oxygen atoms in total. The molecular formula is C11H20N4O. The van der Waals surface area contributed by atoms with Gasteiger partial charge in [0.1, 0.15) is 0 Å². The summed E-state index contributed by atoms with van der Waals surface area (Å²) in [7, 11) is 2.03. The lowest BCUT2D eigenvalue weighted by molar-refractivity contribution is 0.182. The molecule has 0 aliphatic carbocycles. The summed E-state index contributed by atoms with van der Waals surface area (Å²) in [5, 5.41) is 7.31. The monoisotopic (exact) mass is 224 g/mol. The maximum atomic E-state index is 5.11.